The van der Waals surface area contributed by atoms with E-state index < -0.39 is 5.60 Å². The topological polar surface area (TPSA) is 71.8 Å². The summed E-state index contributed by atoms with van der Waals surface area (Å²) in [5.74, 6) is -0.249. The summed E-state index contributed by atoms with van der Waals surface area (Å²) in [6.07, 6.45) is 4.57. The van der Waals surface area contributed by atoms with Gasteiger partial charge < -0.3 is 19.1 Å². The van der Waals surface area contributed by atoms with Gasteiger partial charge in [0.1, 0.15) is 11.2 Å². The van der Waals surface area contributed by atoms with Gasteiger partial charge in [0.15, 0.2) is 0 Å². The molecule has 3 rings (SSSR count). The Bertz CT molecular complexity index is 749. The van der Waals surface area contributed by atoms with Crippen molar-refractivity contribution in [2.24, 2.45) is 7.05 Å². The number of hydrogen-bond donors (Lipinski definition) is 0. The van der Waals surface area contributed by atoms with Crippen LogP contribution in [-0.2, 0) is 11.8 Å². The molecule has 3 heterocycles. The van der Waals surface area contributed by atoms with Gasteiger partial charge in [0.05, 0.1) is 6.54 Å². The van der Waals surface area contributed by atoms with Gasteiger partial charge in [0.25, 0.3) is 11.5 Å². The minimum Gasteiger partial charge on any atom is -0.441 e. The zero-order chi connectivity index (χ0) is 18.9. The molecule has 1 spiro atoms. The van der Waals surface area contributed by atoms with Gasteiger partial charge in [0.2, 0.25) is 0 Å². The molecule has 0 saturated carbocycles. The molecule has 1 atom stereocenters. The van der Waals surface area contributed by atoms with Crippen molar-refractivity contribution in [1.82, 2.24) is 14.4 Å². The SMILES string of the molecule is CCC[C@@H](C)N1CC2(CCN(C(=O)c3cccn(C)c3=O)CC2)OC1=O. The van der Waals surface area contributed by atoms with E-state index >= 15 is 0 Å². The molecular weight excluding hydrogens is 334 g/mol. The number of nitrogens with zero attached hydrogens (tertiary/aromatic N) is 3. The fourth-order valence-electron chi connectivity index (χ4n) is 3.87. The van der Waals surface area contributed by atoms with Crippen LogP contribution in [0.4, 0.5) is 4.79 Å². The van der Waals surface area contributed by atoms with Crippen LogP contribution in [0.15, 0.2) is 23.1 Å². The Balaban J connectivity index is 1.66. The first-order valence-corrected chi connectivity index (χ1v) is 9.31. The highest BCUT2D eigenvalue weighted by Crippen LogP contribution is 2.35. The lowest BCUT2D eigenvalue weighted by molar-refractivity contribution is 0.00300. The molecule has 7 nitrogen and oxygen atoms in total. The van der Waals surface area contributed by atoms with Gasteiger partial charge in [0, 0.05) is 45.2 Å². The number of carbonyl (C=O) groups excluding carboxylic acids is 2. The number of pyridine rings is 1. The molecule has 0 unspecified atom stereocenters. The predicted octanol–water partition coefficient (Wildman–Crippen LogP) is 2.00. The lowest BCUT2D eigenvalue weighted by Crippen LogP contribution is -2.50. The molecule has 26 heavy (non-hydrogen) atoms. The quantitative estimate of drug-likeness (QED) is 0.822. The first kappa shape index (κ1) is 18.5. The average molecular weight is 361 g/mol. The summed E-state index contributed by atoms with van der Waals surface area (Å²) in [5.41, 5.74) is -0.602. The van der Waals surface area contributed by atoms with E-state index in [2.05, 4.69) is 6.92 Å². The van der Waals surface area contributed by atoms with Crippen molar-refractivity contribution in [1.29, 1.82) is 0 Å². The monoisotopic (exact) mass is 361 g/mol. The summed E-state index contributed by atoms with van der Waals surface area (Å²) in [4.78, 5) is 40.6. The summed E-state index contributed by atoms with van der Waals surface area (Å²) >= 11 is 0. The fourth-order valence-corrected chi connectivity index (χ4v) is 3.87. The summed E-state index contributed by atoms with van der Waals surface area (Å²) in [5, 5.41) is 0. The minimum atomic E-state index is -0.502. The Kier molecular flexibility index (Phi) is 5.07. The molecule has 1 aromatic heterocycles. The number of carbonyl (C=O) groups is 2. The fraction of sp³-hybridized carbons (Fsp3) is 0.632. The maximum absolute atomic E-state index is 12.7. The number of amides is 2. The van der Waals surface area contributed by atoms with Crippen LogP contribution in [0.5, 0.6) is 0 Å². The molecule has 0 N–H and O–H groups in total. The molecule has 1 aromatic rings. The maximum atomic E-state index is 12.7. The average Bonchev–Trinajstić information content (AvgIpc) is 2.94. The number of rotatable bonds is 4. The van der Waals surface area contributed by atoms with E-state index in [1.165, 1.54) is 4.57 Å². The summed E-state index contributed by atoms with van der Waals surface area (Å²) < 4.78 is 7.14. The second kappa shape index (κ2) is 7.13. The molecular formula is C19H27N3O4. The minimum absolute atomic E-state index is 0.166. The van der Waals surface area contributed by atoms with E-state index in [9.17, 15) is 14.4 Å². The normalized spacial score (nSPS) is 20.3. The zero-order valence-corrected chi connectivity index (χ0v) is 15.7. The van der Waals surface area contributed by atoms with Gasteiger partial charge in [-0.25, -0.2) is 4.79 Å². The first-order chi connectivity index (χ1) is 12.4. The van der Waals surface area contributed by atoms with Crippen molar-refractivity contribution in [3.63, 3.8) is 0 Å². The lowest BCUT2D eigenvalue weighted by Gasteiger charge is -2.37. The Hall–Kier alpha value is -2.31. The van der Waals surface area contributed by atoms with Crippen LogP contribution < -0.4 is 5.56 Å². The van der Waals surface area contributed by atoms with Crippen LogP contribution in [0.25, 0.3) is 0 Å². The summed E-state index contributed by atoms with van der Waals surface area (Å²) in [6.45, 7) is 5.71. The number of likely N-dealkylation sites (tertiary alicyclic amines) is 1. The van der Waals surface area contributed by atoms with Crippen molar-refractivity contribution in [3.05, 3.63) is 34.2 Å². The van der Waals surface area contributed by atoms with E-state index in [-0.39, 0.29) is 29.2 Å². The van der Waals surface area contributed by atoms with Gasteiger partial charge in [-0.3, -0.25) is 9.59 Å². The highest BCUT2D eigenvalue weighted by molar-refractivity contribution is 5.93. The molecule has 7 heteroatoms. The van der Waals surface area contributed by atoms with Gasteiger partial charge in [-0.05, 0) is 25.5 Å². The third kappa shape index (κ3) is 3.34. The van der Waals surface area contributed by atoms with E-state index in [0.717, 1.165) is 12.8 Å². The molecule has 0 radical (unpaired) electrons. The van der Waals surface area contributed by atoms with Crippen LogP contribution >= 0.6 is 0 Å². The van der Waals surface area contributed by atoms with Crippen molar-refractivity contribution in [3.8, 4) is 0 Å². The molecule has 2 aliphatic heterocycles. The van der Waals surface area contributed by atoms with E-state index in [1.54, 1.807) is 30.3 Å². The van der Waals surface area contributed by atoms with Gasteiger partial charge in [-0.15, -0.1) is 0 Å². The molecule has 0 aromatic carbocycles. The molecule has 2 saturated heterocycles. The van der Waals surface area contributed by atoms with Crippen molar-refractivity contribution in [2.45, 2.75) is 51.2 Å². The van der Waals surface area contributed by atoms with E-state index in [1.807, 2.05) is 11.8 Å². The summed E-state index contributed by atoms with van der Waals surface area (Å²) in [7, 11) is 1.63. The first-order valence-electron chi connectivity index (χ1n) is 9.31. The zero-order valence-electron chi connectivity index (χ0n) is 15.7. The Morgan fingerprint density at radius 2 is 2.00 bits per heavy atom. The van der Waals surface area contributed by atoms with E-state index in [0.29, 0.717) is 32.5 Å². The molecule has 142 valence electrons. The predicted molar refractivity (Wildman–Crippen MR) is 97.1 cm³/mol. The number of ether oxygens (including phenoxy) is 1. The standard InChI is InChI=1S/C19H27N3O4/c1-4-6-14(2)22-13-19(26-18(22)25)8-11-21(12-9-19)17(24)15-7-5-10-20(3)16(15)23/h5,7,10,14H,4,6,8-9,11-13H2,1-3H3/t14-/m1/s1. The lowest BCUT2D eigenvalue weighted by atomic mass is 9.90. The van der Waals surface area contributed by atoms with Crippen LogP contribution in [-0.4, -0.2) is 57.6 Å². The molecule has 2 amide bonds. The van der Waals surface area contributed by atoms with E-state index in [4.69, 9.17) is 4.74 Å². The van der Waals surface area contributed by atoms with Crippen LogP contribution in [0, 0.1) is 0 Å². The molecule has 2 fully saturated rings. The van der Waals surface area contributed by atoms with Crippen LogP contribution in [0.3, 0.4) is 0 Å². The van der Waals surface area contributed by atoms with Crippen LogP contribution in [0.2, 0.25) is 0 Å². The third-order valence-corrected chi connectivity index (χ3v) is 5.55. The Labute approximate surface area is 153 Å². The van der Waals surface area contributed by atoms with Crippen LogP contribution in [0.1, 0.15) is 49.9 Å². The third-order valence-electron chi connectivity index (χ3n) is 5.55. The van der Waals surface area contributed by atoms with Gasteiger partial charge in [-0.1, -0.05) is 13.3 Å². The number of aryl methyl sites for hydroxylation is 1. The smallest absolute Gasteiger partial charge is 0.410 e. The van der Waals surface area contributed by atoms with Crippen molar-refractivity contribution < 1.29 is 14.3 Å². The highest BCUT2D eigenvalue weighted by Gasteiger charge is 2.48. The van der Waals surface area contributed by atoms with Gasteiger partial charge >= 0.3 is 6.09 Å². The largest absolute Gasteiger partial charge is 0.441 e. The molecule has 2 aliphatic rings. The van der Waals surface area contributed by atoms with Crippen molar-refractivity contribution >= 4 is 12.0 Å². The second-order valence-electron chi connectivity index (χ2n) is 7.45. The van der Waals surface area contributed by atoms with Crippen molar-refractivity contribution in [2.75, 3.05) is 19.6 Å². The highest BCUT2D eigenvalue weighted by atomic mass is 16.6. The number of aromatic nitrogens is 1. The number of piperidine rings is 1. The summed E-state index contributed by atoms with van der Waals surface area (Å²) in [6, 6.07) is 3.43. The second-order valence-corrected chi connectivity index (χ2v) is 7.45. The number of hydrogen-bond acceptors (Lipinski definition) is 4. The molecule has 0 aliphatic carbocycles. The maximum Gasteiger partial charge on any atom is 0.410 e. The molecule has 0 bridgehead atoms. The Morgan fingerprint density at radius 1 is 1.31 bits per heavy atom. The Morgan fingerprint density at radius 3 is 2.65 bits per heavy atom. The van der Waals surface area contributed by atoms with Gasteiger partial charge in [-0.2, -0.15) is 0 Å².